The van der Waals surface area contributed by atoms with E-state index in [1.54, 1.807) is 24.1 Å². The smallest absolute Gasteiger partial charge is 0.257 e. The van der Waals surface area contributed by atoms with Gasteiger partial charge in [0.15, 0.2) is 0 Å². The molecular weight excluding hydrogens is 278 g/mol. The fourth-order valence-corrected chi connectivity index (χ4v) is 2.53. The Hall–Kier alpha value is -2.33. The van der Waals surface area contributed by atoms with Crippen molar-refractivity contribution >= 4 is 5.91 Å². The second kappa shape index (κ2) is 7.09. The van der Waals surface area contributed by atoms with Gasteiger partial charge < -0.3 is 15.1 Å². The SMILES string of the molecule is Cc1ccc(O)c(C(=O)N(C)C(CCO)c2ccccc2)c1. The quantitative estimate of drug-likeness (QED) is 0.892. The molecule has 116 valence electrons. The third-order valence-electron chi connectivity index (χ3n) is 3.76. The molecule has 0 saturated carbocycles. The van der Waals surface area contributed by atoms with Crippen LogP contribution in [-0.4, -0.2) is 34.7 Å². The Morgan fingerprint density at radius 1 is 1.18 bits per heavy atom. The molecule has 0 aliphatic heterocycles. The maximum absolute atomic E-state index is 12.7. The van der Waals surface area contributed by atoms with E-state index in [1.165, 1.54) is 6.07 Å². The summed E-state index contributed by atoms with van der Waals surface area (Å²) in [5.74, 6) is -0.290. The lowest BCUT2D eigenvalue weighted by atomic mass is 10.0. The Bertz CT molecular complexity index is 640. The molecule has 0 fully saturated rings. The monoisotopic (exact) mass is 299 g/mol. The van der Waals surface area contributed by atoms with Crippen molar-refractivity contribution in [2.45, 2.75) is 19.4 Å². The van der Waals surface area contributed by atoms with E-state index in [-0.39, 0.29) is 29.9 Å². The van der Waals surface area contributed by atoms with Gasteiger partial charge in [-0.15, -0.1) is 0 Å². The molecule has 0 spiro atoms. The number of phenolic OH excluding ortho intramolecular Hbond substituents is 1. The number of nitrogens with zero attached hydrogens (tertiary/aromatic N) is 1. The van der Waals surface area contributed by atoms with Crippen molar-refractivity contribution in [2.24, 2.45) is 0 Å². The molecule has 1 unspecified atom stereocenters. The van der Waals surface area contributed by atoms with Gasteiger partial charge >= 0.3 is 0 Å². The van der Waals surface area contributed by atoms with Gasteiger partial charge in [-0.2, -0.15) is 0 Å². The molecule has 0 bridgehead atoms. The molecular formula is C18H21NO3. The highest BCUT2D eigenvalue weighted by Crippen LogP contribution is 2.27. The molecule has 0 saturated heterocycles. The minimum atomic E-state index is -0.261. The van der Waals surface area contributed by atoms with Gasteiger partial charge in [-0.05, 0) is 31.0 Å². The highest BCUT2D eigenvalue weighted by atomic mass is 16.3. The second-order valence-corrected chi connectivity index (χ2v) is 5.38. The van der Waals surface area contributed by atoms with Gasteiger partial charge in [-0.25, -0.2) is 0 Å². The van der Waals surface area contributed by atoms with Crippen LogP contribution in [0.2, 0.25) is 0 Å². The van der Waals surface area contributed by atoms with Crippen molar-refractivity contribution in [3.8, 4) is 5.75 Å². The fraction of sp³-hybridized carbons (Fsp3) is 0.278. The summed E-state index contributed by atoms with van der Waals surface area (Å²) in [7, 11) is 1.69. The number of aliphatic hydroxyl groups is 1. The Kier molecular flexibility index (Phi) is 5.17. The maximum atomic E-state index is 12.7. The van der Waals surface area contributed by atoms with E-state index in [9.17, 15) is 15.0 Å². The Labute approximate surface area is 130 Å². The lowest BCUT2D eigenvalue weighted by Crippen LogP contribution is -2.32. The van der Waals surface area contributed by atoms with Crippen LogP contribution in [-0.2, 0) is 0 Å². The summed E-state index contributed by atoms with van der Waals surface area (Å²) in [6.07, 6.45) is 0.443. The first-order valence-corrected chi connectivity index (χ1v) is 7.27. The molecule has 4 nitrogen and oxygen atoms in total. The maximum Gasteiger partial charge on any atom is 0.257 e. The number of carbonyl (C=O) groups excluding carboxylic acids is 1. The first-order chi connectivity index (χ1) is 10.5. The van der Waals surface area contributed by atoms with Crippen molar-refractivity contribution < 1.29 is 15.0 Å². The van der Waals surface area contributed by atoms with Crippen molar-refractivity contribution in [2.75, 3.05) is 13.7 Å². The second-order valence-electron chi connectivity index (χ2n) is 5.38. The molecule has 1 amide bonds. The van der Waals surface area contributed by atoms with Crippen LogP contribution in [0.5, 0.6) is 5.75 Å². The summed E-state index contributed by atoms with van der Waals surface area (Å²) in [4.78, 5) is 14.3. The minimum Gasteiger partial charge on any atom is -0.507 e. The molecule has 0 radical (unpaired) electrons. The van der Waals surface area contributed by atoms with Crippen LogP contribution in [0.1, 0.15) is 33.9 Å². The zero-order valence-corrected chi connectivity index (χ0v) is 12.9. The number of rotatable bonds is 5. The van der Waals surface area contributed by atoms with Gasteiger partial charge in [-0.1, -0.05) is 42.0 Å². The van der Waals surface area contributed by atoms with Gasteiger partial charge in [0.25, 0.3) is 5.91 Å². The van der Waals surface area contributed by atoms with Crippen molar-refractivity contribution in [1.29, 1.82) is 0 Å². The normalized spacial score (nSPS) is 12.0. The molecule has 0 aromatic heterocycles. The Morgan fingerprint density at radius 3 is 2.50 bits per heavy atom. The van der Waals surface area contributed by atoms with Gasteiger partial charge in [-0.3, -0.25) is 4.79 Å². The summed E-state index contributed by atoms with van der Waals surface area (Å²) in [6, 6.07) is 14.3. The predicted molar refractivity (Wildman–Crippen MR) is 85.8 cm³/mol. The van der Waals surface area contributed by atoms with Gasteiger partial charge in [0.2, 0.25) is 0 Å². The topological polar surface area (TPSA) is 60.8 Å². The minimum absolute atomic E-state index is 0.0169. The van der Waals surface area contributed by atoms with Crippen molar-refractivity contribution in [1.82, 2.24) is 4.90 Å². The highest BCUT2D eigenvalue weighted by Gasteiger charge is 2.24. The number of amides is 1. The van der Waals surface area contributed by atoms with Crippen LogP contribution in [0.4, 0.5) is 0 Å². The van der Waals surface area contributed by atoms with Crippen LogP contribution in [0.25, 0.3) is 0 Å². The predicted octanol–water partition coefficient (Wildman–Crippen LogP) is 2.90. The van der Waals surface area contributed by atoms with E-state index >= 15 is 0 Å². The number of benzene rings is 2. The van der Waals surface area contributed by atoms with E-state index < -0.39 is 0 Å². The van der Waals surface area contributed by atoms with Crippen LogP contribution in [0, 0.1) is 6.92 Å². The first kappa shape index (κ1) is 16.0. The van der Waals surface area contributed by atoms with E-state index in [0.29, 0.717) is 6.42 Å². The van der Waals surface area contributed by atoms with Crippen molar-refractivity contribution in [3.63, 3.8) is 0 Å². The molecule has 2 N–H and O–H groups in total. The third kappa shape index (κ3) is 3.46. The van der Waals surface area contributed by atoms with Gasteiger partial charge in [0, 0.05) is 13.7 Å². The number of aromatic hydroxyl groups is 1. The zero-order chi connectivity index (χ0) is 16.1. The van der Waals surface area contributed by atoms with Crippen LogP contribution in [0.15, 0.2) is 48.5 Å². The number of hydrogen-bond donors (Lipinski definition) is 2. The van der Waals surface area contributed by atoms with E-state index in [4.69, 9.17) is 0 Å². The van der Waals surface area contributed by atoms with E-state index in [1.807, 2.05) is 37.3 Å². The molecule has 1 atom stereocenters. The molecule has 4 heteroatoms. The van der Waals surface area contributed by atoms with Crippen LogP contribution >= 0.6 is 0 Å². The first-order valence-electron chi connectivity index (χ1n) is 7.27. The molecule has 0 aliphatic carbocycles. The lowest BCUT2D eigenvalue weighted by Gasteiger charge is -2.28. The van der Waals surface area contributed by atoms with Crippen LogP contribution < -0.4 is 0 Å². The van der Waals surface area contributed by atoms with E-state index in [0.717, 1.165) is 11.1 Å². The zero-order valence-electron chi connectivity index (χ0n) is 12.9. The summed E-state index contributed by atoms with van der Waals surface area (Å²) in [6.45, 7) is 1.86. The number of aryl methyl sites for hydroxylation is 1. The largest absolute Gasteiger partial charge is 0.507 e. The third-order valence-corrected chi connectivity index (χ3v) is 3.76. The Balaban J connectivity index is 2.32. The molecule has 2 rings (SSSR count). The summed E-state index contributed by atoms with van der Waals surface area (Å²) in [5.41, 5.74) is 2.15. The van der Waals surface area contributed by atoms with Crippen molar-refractivity contribution in [3.05, 3.63) is 65.2 Å². The summed E-state index contributed by atoms with van der Waals surface area (Å²) >= 11 is 0. The summed E-state index contributed by atoms with van der Waals surface area (Å²) < 4.78 is 0. The average molecular weight is 299 g/mol. The number of aliphatic hydroxyl groups excluding tert-OH is 1. The Morgan fingerprint density at radius 2 is 1.86 bits per heavy atom. The molecule has 0 heterocycles. The van der Waals surface area contributed by atoms with Gasteiger partial charge in [0.05, 0.1) is 11.6 Å². The molecule has 22 heavy (non-hydrogen) atoms. The molecule has 2 aromatic rings. The summed E-state index contributed by atoms with van der Waals surface area (Å²) in [5, 5.41) is 19.3. The number of phenols is 1. The number of hydrogen-bond acceptors (Lipinski definition) is 3. The lowest BCUT2D eigenvalue weighted by molar-refractivity contribution is 0.0702. The fourth-order valence-electron chi connectivity index (χ4n) is 2.53. The number of carbonyl (C=O) groups is 1. The van der Waals surface area contributed by atoms with E-state index in [2.05, 4.69) is 0 Å². The standard InChI is InChI=1S/C18H21NO3/c1-13-8-9-17(21)15(12-13)18(22)19(2)16(10-11-20)14-6-4-3-5-7-14/h3-9,12,16,20-21H,10-11H2,1-2H3. The van der Waals surface area contributed by atoms with Gasteiger partial charge in [0.1, 0.15) is 5.75 Å². The molecule has 0 aliphatic rings. The van der Waals surface area contributed by atoms with Crippen LogP contribution in [0.3, 0.4) is 0 Å². The average Bonchev–Trinajstić information content (AvgIpc) is 2.54. The molecule has 2 aromatic carbocycles. The highest BCUT2D eigenvalue weighted by molar-refractivity contribution is 5.97.